The highest BCUT2D eigenvalue weighted by atomic mass is 32.1. The number of carbonyl (C=O) groups excluding carboxylic acids is 1. The normalized spacial score (nSPS) is 24.5. The van der Waals surface area contributed by atoms with Gasteiger partial charge in [-0.25, -0.2) is 27.9 Å². The van der Waals surface area contributed by atoms with E-state index in [-0.39, 0.29) is 23.7 Å². The van der Waals surface area contributed by atoms with E-state index >= 15 is 0 Å². The first-order chi connectivity index (χ1) is 16.0. The molecule has 12 heteroatoms. The van der Waals surface area contributed by atoms with Gasteiger partial charge in [-0.05, 0) is 24.6 Å². The van der Waals surface area contributed by atoms with Crippen molar-refractivity contribution in [2.45, 2.75) is 30.8 Å². The Morgan fingerprint density at radius 3 is 2.62 bits per heavy atom. The minimum Gasteiger partial charge on any atom is -0.478 e. The molecule has 4 rings (SSSR count). The SMILES string of the molecule is COC(=O)[C@@H]1CC(F)(F)CN1CC1=C(C(=O)O)[C@](C)(c2ccc(F)cc2)N=C(c2nccs2)N1. The summed E-state index contributed by atoms with van der Waals surface area (Å²) in [5.74, 6) is -5.59. The molecular formula is C22H21F3N4O4S. The summed E-state index contributed by atoms with van der Waals surface area (Å²) in [4.78, 5) is 34.7. The number of carboxylic acid groups (broad SMARTS) is 1. The fourth-order valence-corrected chi connectivity index (χ4v) is 4.89. The third kappa shape index (κ3) is 4.42. The number of esters is 1. The van der Waals surface area contributed by atoms with Crippen LogP contribution in [0.1, 0.15) is 23.9 Å². The van der Waals surface area contributed by atoms with Crippen molar-refractivity contribution >= 4 is 29.1 Å². The van der Waals surface area contributed by atoms with Crippen molar-refractivity contribution in [2.24, 2.45) is 4.99 Å². The third-order valence-corrected chi connectivity index (χ3v) is 6.63. The van der Waals surface area contributed by atoms with Crippen molar-refractivity contribution in [3.63, 3.8) is 0 Å². The average Bonchev–Trinajstić information content (AvgIpc) is 3.40. The number of thiazole rings is 1. The average molecular weight is 494 g/mol. The number of nitrogens with zero attached hydrogens (tertiary/aromatic N) is 3. The lowest BCUT2D eigenvalue weighted by molar-refractivity contribution is -0.146. The molecule has 2 aliphatic heterocycles. The lowest BCUT2D eigenvalue weighted by Gasteiger charge is -2.35. The Morgan fingerprint density at radius 2 is 2.03 bits per heavy atom. The maximum atomic E-state index is 14.2. The van der Waals surface area contributed by atoms with Crippen LogP contribution in [0, 0.1) is 5.82 Å². The minimum absolute atomic E-state index is 0.0751. The monoisotopic (exact) mass is 494 g/mol. The number of nitrogens with one attached hydrogen (secondary N) is 1. The topological polar surface area (TPSA) is 104 Å². The van der Waals surface area contributed by atoms with Gasteiger partial charge in [-0.1, -0.05) is 12.1 Å². The van der Waals surface area contributed by atoms with Crippen LogP contribution < -0.4 is 5.32 Å². The molecule has 0 aliphatic carbocycles. The molecule has 34 heavy (non-hydrogen) atoms. The van der Waals surface area contributed by atoms with Crippen LogP contribution in [0.15, 0.2) is 52.1 Å². The second kappa shape index (κ2) is 8.84. The molecule has 2 aromatic rings. The number of benzene rings is 1. The van der Waals surface area contributed by atoms with Crippen LogP contribution in [0.5, 0.6) is 0 Å². The number of likely N-dealkylation sites (tertiary alicyclic amines) is 1. The molecule has 2 N–H and O–H groups in total. The Balaban J connectivity index is 1.83. The molecule has 2 atom stereocenters. The van der Waals surface area contributed by atoms with E-state index in [4.69, 9.17) is 0 Å². The summed E-state index contributed by atoms with van der Waals surface area (Å²) in [5.41, 5.74) is -1.25. The Kier molecular flexibility index (Phi) is 6.21. The van der Waals surface area contributed by atoms with Crippen LogP contribution in [0.25, 0.3) is 0 Å². The van der Waals surface area contributed by atoms with Gasteiger partial charge in [0, 0.05) is 30.2 Å². The second-order valence-corrected chi connectivity index (χ2v) is 9.06. The zero-order valence-corrected chi connectivity index (χ0v) is 19.0. The molecule has 1 saturated heterocycles. The predicted octanol–water partition coefficient (Wildman–Crippen LogP) is 2.77. The highest BCUT2D eigenvalue weighted by Gasteiger charge is 2.50. The first kappa shape index (κ1) is 23.9. The Bertz CT molecular complexity index is 1170. The van der Waals surface area contributed by atoms with Crippen molar-refractivity contribution in [3.05, 3.63) is 63.5 Å². The predicted molar refractivity (Wildman–Crippen MR) is 117 cm³/mol. The van der Waals surface area contributed by atoms with Crippen LogP contribution in [0.3, 0.4) is 0 Å². The number of hydrogen-bond acceptors (Lipinski definition) is 8. The van der Waals surface area contributed by atoms with Gasteiger partial charge in [0.1, 0.15) is 17.4 Å². The number of aliphatic carboxylic acids is 1. The van der Waals surface area contributed by atoms with Crippen molar-refractivity contribution in [2.75, 3.05) is 20.2 Å². The molecule has 1 aromatic heterocycles. The van der Waals surface area contributed by atoms with Gasteiger partial charge in [-0.2, -0.15) is 0 Å². The zero-order valence-electron chi connectivity index (χ0n) is 18.2. The van der Waals surface area contributed by atoms with E-state index in [1.165, 1.54) is 40.5 Å². The summed E-state index contributed by atoms with van der Waals surface area (Å²) in [5, 5.41) is 15.3. The number of aliphatic imine (C=N–C) groups is 1. The van der Waals surface area contributed by atoms with Crippen LogP contribution in [0.2, 0.25) is 0 Å². The van der Waals surface area contributed by atoms with E-state index in [0.29, 0.717) is 10.6 Å². The summed E-state index contributed by atoms with van der Waals surface area (Å²) >= 11 is 1.25. The Hall–Kier alpha value is -3.25. The molecule has 0 unspecified atom stereocenters. The smallest absolute Gasteiger partial charge is 0.336 e. The highest BCUT2D eigenvalue weighted by molar-refractivity contribution is 7.11. The molecule has 1 aromatic carbocycles. The number of carbonyl (C=O) groups is 2. The van der Waals surface area contributed by atoms with Gasteiger partial charge in [0.15, 0.2) is 10.8 Å². The molecule has 0 bridgehead atoms. The number of methoxy groups -OCH3 is 1. The van der Waals surface area contributed by atoms with E-state index in [1.54, 1.807) is 18.5 Å². The first-order valence-electron chi connectivity index (χ1n) is 10.2. The van der Waals surface area contributed by atoms with E-state index in [9.17, 15) is 27.9 Å². The van der Waals surface area contributed by atoms with Gasteiger partial charge in [-0.3, -0.25) is 9.69 Å². The fourth-order valence-electron chi connectivity index (χ4n) is 4.31. The first-order valence-corrected chi connectivity index (χ1v) is 11.1. The van der Waals surface area contributed by atoms with Crippen LogP contribution >= 0.6 is 11.3 Å². The molecule has 0 radical (unpaired) electrons. The molecule has 2 aliphatic rings. The molecule has 0 amide bonds. The van der Waals surface area contributed by atoms with Crippen LogP contribution in [-0.2, 0) is 19.9 Å². The molecule has 1 fully saturated rings. The number of ether oxygens (including phenoxy) is 1. The summed E-state index contributed by atoms with van der Waals surface area (Å²) in [7, 11) is 1.11. The standard InChI is InChI=1S/C22H21F3N4O4S/c1-21(12-3-5-13(23)6-4-12)16(19(30)31)14(27-17(28-21)18-26-7-8-34-18)10-29-11-22(24,25)9-15(29)20(32)33-2/h3-8,15H,9-11H2,1-2H3,(H,27,28)(H,30,31)/t15-,21-/m0/s1. The van der Waals surface area contributed by atoms with Gasteiger partial charge in [0.25, 0.3) is 5.92 Å². The maximum Gasteiger partial charge on any atom is 0.336 e. The quantitative estimate of drug-likeness (QED) is 0.595. The number of alkyl halides is 2. The third-order valence-electron chi connectivity index (χ3n) is 5.85. The van der Waals surface area contributed by atoms with E-state index in [0.717, 1.165) is 7.11 Å². The Labute approximate surface area is 196 Å². The van der Waals surface area contributed by atoms with Crippen molar-refractivity contribution in [3.8, 4) is 0 Å². The summed E-state index contributed by atoms with van der Waals surface area (Å²) < 4.78 is 46.8. The van der Waals surface area contributed by atoms with Crippen molar-refractivity contribution < 1.29 is 32.6 Å². The van der Waals surface area contributed by atoms with Gasteiger partial charge in [0.2, 0.25) is 0 Å². The van der Waals surface area contributed by atoms with Crippen LogP contribution in [-0.4, -0.2) is 64.9 Å². The molecule has 0 saturated carbocycles. The lowest BCUT2D eigenvalue weighted by atomic mass is 9.82. The molecule has 8 nitrogen and oxygen atoms in total. The number of halogens is 3. The fraction of sp³-hybridized carbons (Fsp3) is 0.364. The summed E-state index contributed by atoms with van der Waals surface area (Å²) in [6.07, 6.45) is 0.807. The molecule has 180 valence electrons. The van der Waals surface area contributed by atoms with Gasteiger partial charge in [0.05, 0.1) is 19.2 Å². The molecule has 3 heterocycles. The number of amidine groups is 1. The number of rotatable bonds is 6. The van der Waals surface area contributed by atoms with Crippen molar-refractivity contribution in [1.29, 1.82) is 0 Å². The number of aromatic nitrogens is 1. The van der Waals surface area contributed by atoms with E-state index in [2.05, 4.69) is 20.0 Å². The van der Waals surface area contributed by atoms with Gasteiger partial charge in [-0.15, -0.1) is 11.3 Å². The highest BCUT2D eigenvalue weighted by Crippen LogP contribution is 2.40. The van der Waals surface area contributed by atoms with E-state index in [1.807, 2.05) is 0 Å². The second-order valence-electron chi connectivity index (χ2n) is 8.16. The van der Waals surface area contributed by atoms with Gasteiger partial charge < -0.3 is 15.2 Å². The van der Waals surface area contributed by atoms with Crippen LogP contribution in [0.4, 0.5) is 13.2 Å². The summed E-state index contributed by atoms with van der Waals surface area (Å²) in [6.45, 7) is 0.495. The minimum atomic E-state index is -3.15. The lowest BCUT2D eigenvalue weighted by Crippen LogP contribution is -2.46. The van der Waals surface area contributed by atoms with E-state index < -0.39 is 48.2 Å². The van der Waals surface area contributed by atoms with Crippen molar-refractivity contribution in [1.82, 2.24) is 15.2 Å². The molecule has 0 spiro atoms. The number of carboxylic acids is 1. The largest absolute Gasteiger partial charge is 0.478 e. The maximum absolute atomic E-state index is 14.2. The Morgan fingerprint density at radius 1 is 1.32 bits per heavy atom. The number of hydrogen-bond donors (Lipinski definition) is 2. The van der Waals surface area contributed by atoms with Gasteiger partial charge >= 0.3 is 11.9 Å². The molecular weight excluding hydrogens is 473 g/mol. The zero-order chi connectivity index (χ0) is 24.7. The summed E-state index contributed by atoms with van der Waals surface area (Å²) in [6, 6.07) is 3.98.